The van der Waals surface area contributed by atoms with E-state index in [4.69, 9.17) is 9.72 Å². The molecular weight excluding hydrogens is 512 g/mol. The number of hydrogen-bond acceptors (Lipinski definition) is 7. The second-order valence-electron chi connectivity index (χ2n) is 10.8. The van der Waals surface area contributed by atoms with Gasteiger partial charge in [-0.2, -0.15) is 0 Å². The molecule has 1 fully saturated rings. The number of carbonyl (C=O) groups excluding carboxylic acids is 2. The Balaban J connectivity index is 1.73. The van der Waals surface area contributed by atoms with E-state index in [1.807, 2.05) is 46.8 Å². The molecule has 4 aromatic rings. The number of ketones is 1. The second-order valence-corrected chi connectivity index (χ2v) is 11.8. The minimum Gasteiger partial charge on any atom is -0.508 e. The van der Waals surface area contributed by atoms with Crippen LogP contribution in [0, 0.1) is 13.8 Å². The molecule has 200 valence electrons. The molecule has 8 heteroatoms. The van der Waals surface area contributed by atoms with Crippen molar-refractivity contribution in [2.45, 2.75) is 46.1 Å². The van der Waals surface area contributed by atoms with Crippen LogP contribution in [0.3, 0.4) is 0 Å². The number of amides is 1. The van der Waals surface area contributed by atoms with E-state index in [-0.39, 0.29) is 22.5 Å². The number of fused-ring (bicyclic) bond motifs is 1. The Bertz CT molecular complexity index is 1620. The molecule has 1 aromatic heterocycles. The summed E-state index contributed by atoms with van der Waals surface area (Å²) in [6.45, 7) is 10.1. The number of aliphatic hydroxyl groups is 1. The Hall–Kier alpha value is -4.17. The van der Waals surface area contributed by atoms with E-state index in [0.29, 0.717) is 22.0 Å². The highest BCUT2D eigenvalue weighted by Crippen LogP contribution is 2.45. The number of aryl methyl sites for hydroxylation is 2. The topological polar surface area (TPSA) is 100.0 Å². The summed E-state index contributed by atoms with van der Waals surface area (Å²) in [4.78, 5) is 33.2. The molecular formula is C31H30N2O5S. The van der Waals surface area contributed by atoms with Crippen LogP contribution in [0.2, 0.25) is 0 Å². The molecule has 0 radical (unpaired) electrons. The first-order chi connectivity index (χ1) is 18.4. The van der Waals surface area contributed by atoms with E-state index in [1.54, 1.807) is 37.4 Å². The fourth-order valence-corrected chi connectivity index (χ4v) is 5.94. The molecule has 39 heavy (non-hydrogen) atoms. The molecule has 2 heterocycles. The van der Waals surface area contributed by atoms with E-state index < -0.39 is 17.7 Å². The average Bonchev–Trinajstić information content (AvgIpc) is 3.40. The number of phenols is 1. The van der Waals surface area contributed by atoms with Gasteiger partial charge in [0.25, 0.3) is 5.78 Å². The fraction of sp³-hybridized carbons (Fsp3) is 0.258. The molecule has 7 nitrogen and oxygen atoms in total. The average molecular weight is 543 g/mol. The van der Waals surface area contributed by atoms with Crippen LogP contribution in [0.1, 0.15) is 54.6 Å². The third-order valence-corrected chi connectivity index (χ3v) is 8.15. The van der Waals surface area contributed by atoms with Crippen molar-refractivity contribution in [1.29, 1.82) is 0 Å². The van der Waals surface area contributed by atoms with E-state index in [9.17, 15) is 19.8 Å². The smallest absolute Gasteiger partial charge is 0.301 e. The van der Waals surface area contributed by atoms with Crippen LogP contribution in [0.15, 0.2) is 60.2 Å². The maximum Gasteiger partial charge on any atom is 0.301 e. The Morgan fingerprint density at radius 3 is 2.31 bits per heavy atom. The summed E-state index contributed by atoms with van der Waals surface area (Å²) >= 11 is 1.32. The van der Waals surface area contributed by atoms with E-state index in [2.05, 4.69) is 0 Å². The van der Waals surface area contributed by atoms with Gasteiger partial charge in [0.1, 0.15) is 17.3 Å². The normalized spacial score (nSPS) is 17.3. The summed E-state index contributed by atoms with van der Waals surface area (Å²) in [6.07, 6.45) is 0. The monoisotopic (exact) mass is 542 g/mol. The molecule has 3 aromatic carbocycles. The Labute approximate surface area is 231 Å². The van der Waals surface area contributed by atoms with Crippen molar-refractivity contribution >= 4 is 44.1 Å². The molecule has 1 aliphatic heterocycles. The third kappa shape index (κ3) is 4.55. The van der Waals surface area contributed by atoms with Crippen molar-refractivity contribution in [2.75, 3.05) is 12.0 Å². The first kappa shape index (κ1) is 26.4. The number of carbonyl (C=O) groups is 2. The number of Topliss-reactive ketones (excluding diaryl/α,β-unsaturated/α-hetero) is 1. The lowest BCUT2D eigenvalue weighted by molar-refractivity contribution is -0.132. The lowest BCUT2D eigenvalue weighted by Gasteiger charge is -2.24. The van der Waals surface area contributed by atoms with Gasteiger partial charge in [0.05, 0.1) is 28.9 Å². The van der Waals surface area contributed by atoms with Gasteiger partial charge in [-0.05, 0) is 78.4 Å². The number of rotatable bonds is 4. The van der Waals surface area contributed by atoms with Gasteiger partial charge < -0.3 is 14.9 Å². The van der Waals surface area contributed by atoms with E-state index in [0.717, 1.165) is 26.9 Å². The zero-order valence-corrected chi connectivity index (χ0v) is 23.5. The number of aliphatic hydroxyl groups excluding tert-OH is 1. The minimum absolute atomic E-state index is 0.0395. The van der Waals surface area contributed by atoms with Crippen molar-refractivity contribution < 1.29 is 24.5 Å². The number of benzene rings is 3. The minimum atomic E-state index is -0.937. The Kier molecular flexibility index (Phi) is 6.47. The van der Waals surface area contributed by atoms with Crippen LogP contribution in [0.5, 0.6) is 11.5 Å². The van der Waals surface area contributed by atoms with Crippen LogP contribution in [0.25, 0.3) is 16.0 Å². The molecule has 1 saturated heterocycles. The Morgan fingerprint density at radius 1 is 1.00 bits per heavy atom. The van der Waals surface area contributed by atoms with Gasteiger partial charge in [-0.25, -0.2) is 4.98 Å². The van der Waals surface area contributed by atoms with Crippen LogP contribution in [-0.4, -0.2) is 34.0 Å². The highest BCUT2D eigenvalue weighted by Gasteiger charge is 2.48. The van der Waals surface area contributed by atoms with Crippen LogP contribution < -0.4 is 9.64 Å². The van der Waals surface area contributed by atoms with Crippen LogP contribution >= 0.6 is 11.3 Å². The molecule has 2 N–H and O–H groups in total. The molecule has 1 unspecified atom stereocenters. The number of aromatic nitrogens is 1. The maximum atomic E-state index is 13.6. The summed E-state index contributed by atoms with van der Waals surface area (Å²) in [5.41, 5.74) is 4.37. The summed E-state index contributed by atoms with van der Waals surface area (Å²) in [6, 6.07) is 14.5. The van der Waals surface area contributed by atoms with Gasteiger partial charge in [-0.15, -0.1) is 0 Å². The number of methoxy groups -OCH3 is 1. The van der Waals surface area contributed by atoms with Crippen molar-refractivity contribution in [1.82, 2.24) is 4.98 Å². The molecule has 1 aliphatic rings. The number of thiazole rings is 1. The van der Waals surface area contributed by atoms with E-state index in [1.165, 1.54) is 28.4 Å². The standard InChI is InChI=1S/C31H30N2O5S/c1-16-13-22-24(14-17(16)2)39-30(32-22)33-26(18-7-10-20(34)11-8-18)25(28(36)29(33)37)27(35)19-9-12-23(38-6)21(15-19)31(3,4)5/h7-15,26,34-35H,1-6H3/b27-25+. The SMILES string of the molecule is COc1ccc(/C(O)=C2\C(=O)C(=O)N(c3nc4cc(C)c(C)cc4s3)C2c2ccc(O)cc2)cc1C(C)(C)C. The predicted molar refractivity (Wildman–Crippen MR) is 154 cm³/mol. The number of nitrogens with zero attached hydrogens (tertiary/aromatic N) is 2. The van der Waals surface area contributed by atoms with Crippen molar-refractivity contribution in [3.63, 3.8) is 0 Å². The first-order valence-corrected chi connectivity index (χ1v) is 13.4. The fourth-order valence-electron chi connectivity index (χ4n) is 4.87. The molecule has 1 amide bonds. The quantitative estimate of drug-likeness (QED) is 0.172. The lowest BCUT2D eigenvalue weighted by atomic mass is 9.84. The van der Waals surface area contributed by atoms with Crippen LogP contribution in [0.4, 0.5) is 5.13 Å². The molecule has 1 atom stereocenters. The van der Waals surface area contributed by atoms with Crippen molar-refractivity contribution in [3.05, 3.63) is 88.0 Å². The van der Waals surface area contributed by atoms with Gasteiger partial charge in [0, 0.05) is 11.1 Å². The number of aromatic hydroxyl groups is 1. The van der Waals surface area contributed by atoms with Crippen molar-refractivity contribution in [2.24, 2.45) is 0 Å². The number of hydrogen-bond donors (Lipinski definition) is 2. The van der Waals surface area contributed by atoms with E-state index >= 15 is 0 Å². The third-order valence-electron chi connectivity index (χ3n) is 7.13. The summed E-state index contributed by atoms with van der Waals surface area (Å²) in [7, 11) is 1.58. The van der Waals surface area contributed by atoms with Gasteiger partial charge >= 0.3 is 5.91 Å². The molecule has 0 aliphatic carbocycles. The summed E-state index contributed by atoms with van der Waals surface area (Å²) in [5, 5.41) is 21.9. The number of anilines is 1. The first-order valence-electron chi connectivity index (χ1n) is 12.6. The largest absolute Gasteiger partial charge is 0.508 e. The highest BCUT2D eigenvalue weighted by molar-refractivity contribution is 7.22. The molecule has 0 saturated carbocycles. The number of ether oxygens (including phenoxy) is 1. The van der Waals surface area contributed by atoms with Crippen molar-refractivity contribution in [3.8, 4) is 11.5 Å². The maximum absolute atomic E-state index is 13.6. The highest BCUT2D eigenvalue weighted by atomic mass is 32.1. The van der Waals surface area contributed by atoms with Gasteiger partial charge in [-0.1, -0.05) is 44.2 Å². The molecule has 0 spiro atoms. The van der Waals surface area contributed by atoms with Crippen LogP contribution in [-0.2, 0) is 15.0 Å². The van der Waals surface area contributed by atoms with Gasteiger partial charge in [-0.3, -0.25) is 14.5 Å². The number of phenolic OH excluding ortho intramolecular Hbond substituents is 1. The summed E-state index contributed by atoms with van der Waals surface area (Å²) < 4.78 is 6.43. The van der Waals surface area contributed by atoms with Gasteiger partial charge in [0.2, 0.25) is 0 Å². The Morgan fingerprint density at radius 2 is 1.67 bits per heavy atom. The zero-order chi connectivity index (χ0) is 28.2. The summed E-state index contributed by atoms with van der Waals surface area (Å²) in [5.74, 6) is -1.15. The zero-order valence-electron chi connectivity index (χ0n) is 22.7. The molecule has 5 rings (SSSR count). The lowest BCUT2D eigenvalue weighted by Crippen LogP contribution is -2.29. The predicted octanol–water partition coefficient (Wildman–Crippen LogP) is 6.55. The van der Waals surface area contributed by atoms with Gasteiger partial charge in [0.15, 0.2) is 5.13 Å². The second kappa shape index (κ2) is 9.54. The molecule has 0 bridgehead atoms.